The molecule has 6 aromatic carbocycles. The Labute approximate surface area is 290 Å². The number of para-hydroxylation sites is 2. The summed E-state index contributed by atoms with van der Waals surface area (Å²) in [6.45, 7) is 0. The monoisotopic (exact) mass is 641 g/mol. The number of nitrogens with zero attached hydrogens (tertiary/aromatic N) is 5. The highest BCUT2D eigenvalue weighted by Crippen LogP contribution is 2.50. The smallest absolute Gasteiger partial charge is 0.234 e. The predicted octanol–water partition coefficient (Wildman–Crippen LogP) is 10.4. The third-order valence-corrected chi connectivity index (χ3v) is 9.98. The second-order valence-electron chi connectivity index (χ2n) is 12.8. The Balaban J connectivity index is 1.15. The summed E-state index contributed by atoms with van der Waals surface area (Å²) in [5.74, 6) is 1.97. The first-order chi connectivity index (χ1) is 24.8. The molecule has 0 saturated carbocycles. The molecule has 8 aromatic rings. The molecule has 0 fully saturated rings. The molecular formula is C45H31N5. The Morgan fingerprint density at radius 1 is 0.500 bits per heavy atom. The molecule has 0 spiro atoms. The van der Waals surface area contributed by atoms with E-state index in [2.05, 4.69) is 143 Å². The van der Waals surface area contributed by atoms with Crippen LogP contribution in [0.15, 0.2) is 164 Å². The van der Waals surface area contributed by atoms with Gasteiger partial charge in [-0.15, -0.1) is 0 Å². The van der Waals surface area contributed by atoms with Gasteiger partial charge in [0.15, 0.2) is 11.6 Å². The second kappa shape index (κ2) is 11.5. The van der Waals surface area contributed by atoms with Gasteiger partial charge >= 0.3 is 0 Å². The fraction of sp³-hybridized carbons (Fsp3) is 0.0444. The second-order valence-corrected chi connectivity index (χ2v) is 12.8. The quantitative estimate of drug-likeness (QED) is 0.188. The van der Waals surface area contributed by atoms with Gasteiger partial charge in [0.2, 0.25) is 5.95 Å². The first kappa shape index (κ1) is 28.4. The van der Waals surface area contributed by atoms with E-state index >= 15 is 0 Å². The van der Waals surface area contributed by atoms with Crippen LogP contribution in [0.1, 0.15) is 16.8 Å². The van der Waals surface area contributed by atoms with Crippen molar-refractivity contribution in [2.45, 2.75) is 12.5 Å². The molecule has 1 aliphatic carbocycles. The predicted molar refractivity (Wildman–Crippen MR) is 203 cm³/mol. The summed E-state index contributed by atoms with van der Waals surface area (Å²) in [5.41, 5.74) is 12.9. The van der Waals surface area contributed by atoms with E-state index in [0.29, 0.717) is 17.6 Å². The van der Waals surface area contributed by atoms with E-state index in [0.717, 1.165) is 28.9 Å². The Kier molecular flexibility index (Phi) is 6.56. The summed E-state index contributed by atoms with van der Waals surface area (Å²) in [6.07, 6.45) is 3.20. The Morgan fingerprint density at radius 2 is 1.06 bits per heavy atom. The van der Waals surface area contributed by atoms with Crippen molar-refractivity contribution in [3.05, 3.63) is 181 Å². The molecule has 236 valence electrons. The van der Waals surface area contributed by atoms with Crippen LogP contribution in [0.4, 0.5) is 11.6 Å². The largest absolute Gasteiger partial charge is 0.313 e. The van der Waals surface area contributed by atoms with Gasteiger partial charge in [0.1, 0.15) is 0 Å². The standard InChI is InChI=1S/C45H31N5/c1-4-14-30(15-5-1)31-24-26-34(27-25-31)49-39-22-12-10-20-35(39)37-28-38-36-21-11-13-23-40(36)50(42(38)29-41(37)49)45-47-43(32-16-6-2-7-17-32)46-44(48-45)33-18-8-3-9-19-33/h1-28,42H,29H2. The molecule has 0 N–H and O–H groups in total. The third-order valence-electron chi connectivity index (χ3n) is 9.98. The van der Waals surface area contributed by atoms with Crippen LogP contribution in [0.2, 0.25) is 0 Å². The van der Waals surface area contributed by atoms with Gasteiger partial charge in [-0.25, -0.2) is 4.98 Å². The molecule has 50 heavy (non-hydrogen) atoms. The number of fused-ring (bicyclic) bond motifs is 6. The number of aromatic nitrogens is 4. The lowest BCUT2D eigenvalue weighted by Gasteiger charge is -2.29. The fourth-order valence-corrected chi connectivity index (χ4v) is 7.69. The maximum absolute atomic E-state index is 5.19. The lowest BCUT2D eigenvalue weighted by atomic mass is 9.89. The first-order valence-electron chi connectivity index (χ1n) is 17.1. The average Bonchev–Trinajstić information content (AvgIpc) is 3.70. The van der Waals surface area contributed by atoms with Gasteiger partial charge in [0, 0.05) is 45.4 Å². The number of anilines is 2. The molecule has 0 radical (unpaired) electrons. The van der Waals surface area contributed by atoms with E-state index in [9.17, 15) is 0 Å². The van der Waals surface area contributed by atoms with Gasteiger partial charge in [0.05, 0.1) is 17.2 Å². The van der Waals surface area contributed by atoms with Crippen LogP contribution in [-0.2, 0) is 6.42 Å². The molecular weight excluding hydrogens is 611 g/mol. The van der Waals surface area contributed by atoms with E-state index in [1.807, 2.05) is 36.4 Å². The highest BCUT2D eigenvalue weighted by molar-refractivity contribution is 6.05. The van der Waals surface area contributed by atoms with Crippen molar-refractivity contribution in [2.24, 2.45) is 0 Å². The summed E-state index contributed by atoms with van der Waals surface area (Å²) >= 11 is 0. The van der Waals surface area contributed by atoms with E-state index in [1.165, 1.54) is 44.4 Å². The summed E-state index contributed by atoms with van der Waals surface area (Å²) in [6, 6.07) is 57.4. The summed E-state index contributed by atoms with van der Waals surface area (Å²) in [4.78, 5) is 17.7. The minimum Gasteiger partial charge on any atom is -0.313 e. The Bertz CT molecular complexity index is 2500. The molecule has 1 atom stereocenters. The fourth-order valence-electron chi connectivity index (χ4n) is 7.69. The SMILES string of the molecule is C1=C2c3ccccc3N(c3nc(-c4ccccc4)nc(-c4ccccc4)n3)C2Cc2c1c1ccccc1n2-c1ccc(-c2ccccc2)cc1. The van der Waals surface area contributed by atoms with Crippen molar-refractivity contribution in [2.75, 3.05) is 4.90 Å². The summed E-state index contributed by atoms with van der Waals surface area (Å²) in [5, 5.41) is 1.26. The average molecular weight is 642 g/mol. The van der Waals surface area contributed by atoms with Crippen LogP contribution in [0.5, 0.6) is 0 Å². The van der Waals surface area contributed by atoms with Gasteiger partial charge in [-0.3, -0.25) is 0 Å². The normalized spacial score (nSPS) is 14.6. The molecule has 5 heteroatoms. The first-order valence-corrected chi connectivity index (χ1v) is 17.1. The molecule has 2 aliphatic rings. The molecule has 2 aromatic heterocycles. The molecule has 5 nitrogen and oxygen atoms in total. The number of rotatable bonds is 5. The van der Waals surface area contributed by atoms with Crippen molar-refractivity contribution in [3.8, 4) is 39.6 Å². The van der Waals surface area contributed by atoms with Gasteiger partial charge in [0.25, 0.3) is 0 Å². The minimum atomic E-state index is 0.00111. The van der Waals surface area contributed by atoms with E-state index in [4.69, 9.17) is 15.0 Å². The molecule has 0 saturated heterocycles. The van der Waals surface area contributed by atoms with Crippen LogP contribution >= 0.6 is 0 Å². The molecule has 1 unspecified atom stereocenters. The van der Waals surface area contributed by atoms with Crippen molar-refractivity contribution in [1.82, 2.24) is 19.5 Å². The van der Waals surface area contributed by atoms with E-state index in [-0.39, 0.29) is 6.04 Å². The molecule has 0 bridgehead atoms. The summed E-state index contributed by atoms with van der Waals surface area (Å²) in [7, 11) is 0. The highest BCUT2D eigenvalue weighted by atomic mass is 15.3. The van der Waals surface area contributed by atoms with Crippen LogP contribution in [0.3, 0.4) is 0 Å². The maximum Gasteiger partial charge on any atom is 0.234 e. The van der Waals surface area contributed by atoms with Crippen molar-refractivity contribution in [1.29, 1.82) is 0 Å². The van der Waals surface area contributed by atoms with Gasteiger partial charge in [-0.1, -0.05) is 140 Å². The number of benzene rings is 6. The number of hydrogen-bond donors (Lipinski definition) is 0. The molecule has 0 amide bonds. The topological polar surface area (TPSA) is 46.8 Å². The highest BCUT2D eigenvalue weighted by Gasteiger charge is 2.40. The zero-order valence-corrected chi connectivity index (χ0v) is 27.2. The van der Waals surface area contributed by atoms with Gasteiger partial charge < -0.3 is 9.47 Å². The van der Waals surface area contributed by atoms with Crippen molar-refractivity contribution >= 4 is 34.2 Å². The van der Waals surface area contributed by atoms with Crippen molar-refractivity contribution in [3.63, 3.8) is 0 Å². The Hall–Kier alpha value is -6.59. The maximum atomic E-state index is 5.19. The molecule has 1 aliphatic heterocycles. The van der Waals surface area contributed by atoms with Crippen LogP contribution < -0.4 is 4.90 Å². The summed E-state index contributed by atoms with van der Waals surface area (Å²) < 4.78 is 2.45. The zero-order valence-electron chi connectivity index (χ0n) is 27.2. The minimum absolute atomic E-state index is 0.00111. The Morgan fingerprint density at radius 3 is 1.74 bits per heavy atom. The van der Waals surface area contributed by atoms with Crippen LogP contribution in [0, 0.1) is 0 Å². The van der Waals surface area contributed by atoms with E-state index < -0.39 is 0 Å². The lowest BCUT2D eigenvalue weighted by molar-refractivity contribution is 0.752. The molecule has 10 rings (SSSR count). The van der Waals surface area contributed by atoms with Gasteiger partial charge in [-0.05, 0) is 47.0 Å². The number of hydrogen-bond acceptors (Lipinski definition) is 4. The van der Waals surface area contributed by atoms with Crippen LogP contribution in [-0.4, -0.2) is 25.6 Å². The van der Waals surface area contributed by atoms with Gasteiger partial charge in [-0.2, -0.15) is 9.97 Å². The zero-order chi connectivity index (χ0) is 33.0. The van der Waals surface area contributed by atoms with E-state index in [1.54, 1.807) is 0 Å². The van der Waals surface area contributed by atoms with Crippen molar-refractivity contribution < 1.29 is 0 Å². The van der Waals surface area contributed by atoms with Crippen LogP contribution in [0.25, 0.3) is 62.1 Å². The third kappa shape index (κ3) is 4.59. The molecule has 3 heterocycles. The lowest BCUT2D eigenvalue weighted by Crippen LogP contribution is -2.33.